The molecule has 0 spiro atoms. The highest BCUT2D eigenvalue weighted by Crippen LogP contribution is 2.50. The number of hydrogen-bond acceptors (Lipinski definition) is 4. The third-order valence-electron chi connectivity index (χ3n) is 5.97. The largest absolute Gasteiger partial charge is 0.453 e. The predicted molar refractivity (Wildman–Crippen MR) is 109 cm³/mol. The number of likely N-dealkylation sites (tertiary alicyclic amines) is 1. The molecule has 1 saturated heterocycles. The first-order valence-electron chi connectivity index (χ1n) is 9.71. The Morgan fingerprint density at radius 1 is 1.36 bits per heavy atom. The Kier molecular flexibility index (Phi) is 5.07. The van der Waals surface area contributed by atoms with E-state index in [1.54, 1.807) is 0 Å². The van der Waals surface area contributed by atoms with Crippen LogP contribution in [-0.4, -0.2) is 46.1 Å². The fraction of sp³-hybridized carbons (Fsp3) is 0.550. The molecule has 1 aromatic carbocycles. The molecule has 2 heterocycles. The summed E-state index contributed by atoms with van der Waals surface area (Å²) < 4.78 is 5.71. The summed E-state index contributed by atoms with van der Waals surface area (Å²) in [4.78, 5) is 35.4. The molecule has 1 aromatic heterocycles. The van der Waals surface area contributed by atoms with Crippen LogP contribution in [-0.2, 0) is 9.53 Å². The Hall–Kier alpha value is -2.09. The molecule has 8 heteroatoms. The van der Waals surface area contributed by atoms with Crippen LogP contribution in [0.25, 0.3) is 11.0 Å². The first-order valence-corrected chi connectivity index (χ1v) is 10.5. The number of hydrogen-bond donors (Lipinski definition) is 2. The van der Waals surface area contributed by atoms with E-state index in [0.29, 0.717) is 5.92 Å². The quantitative estimate of drug-likeness (QED) is 0.744. The first-order chi connectivity index (χ1) is 13.4. The Balaban J connectivity index is 1.67. The van der Waals surface area contributed by atoms with Gasteiger partial charge < -0.3 is 19.9 Å². The van der Waals surface area contributed by atoms with Gasteiger partial charge in [-0.05, 0) is 49.3 Å². The number of imidazole rings is 1. The molecule has 1 aliphatic heterocycles. The zero-order valence-electron chi connectivity index (χ0n) is 16.2. The van der Waals surface area contributed by atoms with Crippen LogP contribution in [0.2, 0.25) is 0 Å². The zero-order valence-corrected chi connectivity index (χ0v) is 17.8. The predicted octanol–water partition coefficient (Wildman–Crippen LogP) is 3.76. The van der Waals surface area contributed by atoms with Gasteiger partial charge in [0.25, 0.3) is 0 Å². The molecule has 2 fully saturated rings. The molecule has 7 nitrogen and oxygen atoms in total. The second kappa shape index (κ2) is 7.39. The standard InChI is InChI=1S/C20H25BrN4O3/c1-10(2)16(24-20(27)28-3)19(26)25-13-6-4-11(8-13)17(25)18-22-14-7-5-12(21)9-15(14)23-18/h5,7,9-11,13,16-17H,4,6,8H2,1-3H3,(H,22,23)(H,24,27). The van der Waals surface area contributed by atoms with Gasteiger partial charge in [-0.25, -0.2) is 9.78 Å². The second-order valence-corrected chi connectivity index (χ2v) is 8.97. The average Bonchev–Trinajstić information content (AvgIpc) is 3.37. The molecule has 1 saturated carbocycles. The van der Waals surface area contributed by atoms with E-state index in [0.717, 1.165) is 40.6 Å². The van der Waals surface area contributed by atoms with E-state index < -0.39 is 12.1 Å². The molecule has 150 valence electrons. The topological polar surface area (TPSA) is 87.3 Å². The molecule has 0 radical (unpaired) electrons. The number of nitrogens with zero attached hydrogens (tertiary/aromatic N) is 2. The Bertz CT molecular complexity index is 912. The lowest BCUT2D eigenvalue weighted by molar-refractivity contribution is -0.139. The first kappa shape index (κ1) is 19.2. The van der Waals surface area contributed by atoms with Crippen LogP contribution in [0.1, 0.15) is 45.0 Å². The lowest BCUT2D eigenvalue weighted by atomic mass is 9.95. The third-order valence-corrected chi connectivity index (χ3v) is 6.47. The van der Waals surface area contributed by atoms with Gasteiger partial charge in [0.05, 0.1) is 24.2 Å². The number of halogens is 1. The van der Waals surface area contributed by atoms with E-state index in [1.807, 2.05) is 36.9 Å². The number of carbonyl (C=O) groups excluding carboxylic acids is 2. The zero-order chi connectivity index (χ0) is 20.0. The van der Waals surface area contributed by atoms with Gasteiger partial charge in [0.2, 0.25) is 5.91 Å². The summed E-state index contributed by atoms with van der Waals surface area (Å²) in [7, 11) is 1.31. The van der Waals surface area contributed by atoms with Gasteiger partial charge in [0.1, 0.15) is 11.9 Å². The van der Waals surface area contributed by atoms with E-state index in [9.17, 15) is 9.59 Å². The summed E-state index contributed by atoms with van der Waals surface area (Å²) in [6, 6.07) is 5.43. The maximum Gasteiger partial charge on any atom is 0.407 e. The Morgan fingerprint density at radius 3 is 2.86 bits per heavy atom. The average molecular weight is 449 g/mol. The summed E-state index contributed by atoms with van der Waals surface area (Å²) in [5.41, 5.74) is 1.84. The summed E-state index contributed by atoms with van der Waals surface area (Å²) in [6.07, 6.45) is 2.50. The van der Waals surface area contributed by atoms with Crippen molar-refractivity contribution < 1.29 is 14.3 Å². The summed E-state index contributed by atoms with van der Waals surface area (Å²) in [5, 5.41) is 2.72. The lowest BCUT2D eigenvalue weighted by Gasteiger charge is -2.37. The van der Waals surface area contributed by atoms with Gasteiger partial charge in [-0.15, -0.1) is 0 Å². The van der Waals surface area contributed by atoms with E-state index in [2.05, 4.69) is 26.2 Å². The minimum Gasteiger partial charge on any atom is -0.453 e. The highest BCUT2D eigenvalue weighted by Gasteiger charge is 2.51. The number of benzene rings is 1. The number of aromatic amines is 1. The number of piperidine rings is 1. The molecular formula is C20H25BrN4O3. The molecule has 2 amide bonds. The SMILES string of the molecule is COC(=O)NC(C(=O)N1C2CCC(C2)C1c1nc2ccc(Br)cc2[nH]1)C(C)C. The molecule has 2 bridgehead atoms. The highest BCUT2D eigenvalue weighted by atomic mass is 79.9. The normalized spacial score (nSPS) is 24.8. The number of aromatic nitrogens is 2. The number of H-pyrrole nitrogens is 1. The number of amides is 2. The van der Waals surface area contributed by atoms with E-state index in [4.69, 9.17) is 9.72 Å². The van der Waals surface area contributed by atoms with Crippen molar-refractivity contribution in [2.75, 3.05) is 7.11 Å². The number of ether oxygens (including phenoxy) is 1. The fourth-order valence-electron chi connectivity index (χ4n) is 4.66. The second-order valence-electron chi connectivity index (χ2n) is 8.06. The van der Waals surface area contributed by atoms with Crippen molar-refractivity contribution in [3.8, 4) is 0 Å². The van der Waals surface area contributed by atoms with Gasteiger partial charge in [-0.2, -0.15) is 0 Å². The molecule has 1 aliphatic carbocycles. The molecular weight excluding hydrogens is 424 g/mol. The Labute approximate surface area is 172 Å². The monoisotopic (exact) mass is 448 g/mol. The minimum atomic E-state index is -0.618. The van der Waals surface area contributed by atoms with Crippen molar-refractivity contribution in [1.29, 1.82) is 0 Å². The van der Waals surface area contributed by atoms with Crippen LogP contribution in [0.4, 0.5) is 4.79 Å². The van der Waals surface area contributed by atoms with Gasteiger partial charge in [-0.3, -0.25) is 4.79 Å². The summed E-state index contributed by atoms with van der Waals surface area (Å²) in [6.45, 7) is 3.86. The van der Waals surface area contributed by atoms with Crippen LogP contribution < -0.4 is 5.32 Å². The Morgan fingerprint density at radius 2 is 2.14 bits per heavy atom. The van der Waals surface area contributed by atoms with E-state index in [-0.39, 0.29) is 23.9 Å². The number of carbonyl (C=O) groups is 2. The molecule has 4 unspecified atom stereocenters. The van der Waals surface area contributed by atoms with Gasteiger partial charge >= 0.3 is 6.09 Å². The van der Waals surface area contributed by atoms with Crippen LogP contribution in [0, 0.1) is 11.8 Å². The third kappa shape index (κ3) is 3.27. The maximum absolute atomic E-state index is 13.5. The van der Waals surface area contributed by atoms with E-state index in [1.165, 1.54) is 7.11 Å². The van der Waals surface area contributed by atoms with Crippen molar-refractivity contribution in [3.63, 3.8) is 0 Å². The van der Waals surface area contributed by atoms with E-state index >= 15 is 0 Å². The number of fused-ring (bicyclic) bond motifs is 3. The van der Waals surface area contributed by atoms with Crippen LogP contribution in [0.5, 0.6) is 0 Å². The molecule has 2 aliphatic rings. The number of alkyl carbamates (subject to hydrolysis) is 1. The minimum absolute atomic E-state index is 0.0435. The number of methoxy groups -OCH3 is 1. The van der Waals surface area contributed by atoms with Crippen LogP contribution >= 0.6 is 15.9 Å². The van der Waals surface area contributed by atoms with Gasteiger partial charge in [0.15, 0.2) is 0 Å². The number of rotatable bonds is 4. The molecule has 4 atom stereocenters. The van der Waals surface area contributed by atoms with Crippen molar-refractivity contribution in [2.45, 2.75) is 51.2 Å². The summed E-state index contributed by atoms with van der Waals surface area (Å²) >= 11 is 3.49. The molecule has 2 N–H and O–H groups in total. The van der Waals surface area contributed by atoms with Crippen LogP contribution in [0.15, 0.2) is 22.7 Å². The smallest absolute Gasteiger partial charge is 0.407 e. The highest BCUT2D eigenvalue weighted by molar-refractivity contribution is 9.10. The van der Waals surface area contributed by atoms with Gasteiger partial charge in [-0.1, -0.05) is 29.8 Å². The lowest BCUT2D eigenvalue weighted by Crippen LogP contribution is -2.54. The van der Waals surface area contributed by atoms with Crippen molar-refractivity contribution >= 4 is 39.0 Å². The summed E-state index contributed by atoms with van der Waals surface area (Å²) in [5.74, 6) is 1.12. The molecule has 28 heavy (non-hydrogen) atoms. The van der Waals surface area contributed by atoms with Crippen LogP contribution in [0.3, 0.4) is 0 Å². The van der Waals surface area contributed by atoms with Gasteiger partial charge in [0, 0.05) is 10.5 Å². The molecule has 2 aromatic rings. The van der Waals surface area contributed by atoms with Crippen molar-refractivity contribution in [2.24, 2.45) is 11.8 Å². The molecule has 4 rings (SSSR count). The number of nitrogens with one attached hydrogen (secondary N) is 2. The van der Waals surface area contributed by atoms with Crippen molar-refractivity contribution in [3.05, 3.63) is 28.5 Å². The van der Waals surface area contributed by atoms with Crippen molar-refractivity contribution in [1.82, 2.24) is 20.2 Å². The maximum atomic E-state index is 13.5. The fourth-order valence-corrected chi connectivity index (χ4v) is 5.02.